The molecule has 0 aromatic heterocycles. The fraction of sp³-hybridized carbons (Fsp3) is 1.00. The minimum atomic E-state index is -0.397. The molecule has 0 aliphatic carbocycles. The van der Waals surface area contributed by atoms with Crippen LogP contribution in [0.4, 0.5) is 0 Å². The van der Waals surface area contributed by atoms with Crippen LogP contribution in [0, 0.1) is 5.92 Å². The Labute approximate surface area is 118 Å². The van der Waals surface area contributed by atoms with Crippen LogP contribution in [0.25, 0.3) is 0 Å². The second-order valence-electron chi connectivity index (χ2n) is 6.95. The molecular formula is C16H31NO2. The second kappa shape index (κ2) is 7.05. The van der Waals surface area contributed by atoms with E-state index in [0.717, 1.165) is 57.7 Å². The molecule has 2 heterocycles. The Balaban J connectivity index is 1.63. The van der Waals surface area contributed by atoms with E-state index in [9.17, 15) is 5.11 Å². The molecule has 2 saturated heterocycles. The number of hydrogen-bond acceptors (Lipinski definition) is 3. The zero-order valence-corrected chi connectivity index (χ0v) is 12.7. The van der Waals surface area contributed by atoms with E-state index in [4.69, 9.17) is 4.74 Å². The van der Waals surface area contributed by atoms with Crippen LogP contribution in [0.3, 0.4) is 0 Å². The molecule has 19 heavy (non-hydrogen) atoms. The van der Waals surface area contributed by atoms with Crippen LogP contribution in [0.1, 0.15) is 58.8 Å². The van der Waals surface area contributed by atoms with Crippen molar-refractivity contribution < 1.29 is 9.84 Å². The van der Waals surface area contributed by atoms with Crippen molar-refractivity contribution in [3.63, 3.8) is 0 Å². The highest BCUT2D eigenvalue weighted by atomic mass is 16.5. The average molecular weight is 269 g/mol. The standard InChI is InChI=1S/C16H31NO2/c1-14(2)13-17-10-8-16(18,9-11-17)7-3-5-15-6-4-12-19-15/h14-15,18H,3-13H2,1-2H3. The molecule has 0 radical (unpaired) electrons. The molecule has 2 aliphatic rings. The summed E-state index contributed by atoms with van der Waals surface area (Å²) in [5.41, 5.74) is -0.397. The first-order valence-electron chi connectivity index (χ1n) is 8.14. The number of nitrogens with zero attached hydrogens (tertiary/aromatic N) is 1. The lowest BCUT2D eigenvalue weighted by Crippen LogP contribution is -2.45. The Morgan fingerprint density at radius 2 is 2.05 bits per heavy atom. The number of rotatable bonds is 6. The molecule has 0 spiro atoms. The predicted molar refractivity (Wildman–Crippen MR) is 78.3 cm³/mol. The molecule has 1 atom stereocenters. The minimum Gasteiger partial charge on any atom is -0.390 e. The summed E-state index contributed by atoms with van der Waals surface area (Å²) in [5, 5.41) is 10.6. The van der Waals surface area contributed by atoms with Gasteiger partial charge >= 0.3 is 0 Å². The van der Waals surface area contributed by atoms with Gasteiger partial charge in [0.05, 0.1) is 11.7 Å². The van der Waals surface area contributed by atoms with Gasteiger partial charge in [-0.15, -0.1) is 0 Å². The van der Waals surface area contributed by atoms with E-state index in [0.29, 0.717) is 6.10 Å². The Bertz CT molecular complexity index is 253. The summed E-state index contributed by atoms with van der Waals surface area (Å²) in [7, 11) is 0. The largest absolute Gasteiger partial charge is 0.390 e. The monoisotopic (exact) mass is 269 g/mol. The molecule has 0 aromatic carbocycles. The van der Waals surface area contributed by atoms with Gasteiger partial charge in [-0.25, -0.2) is 0 Å². The molecule has 0 aromatic rings. The lowest BCUT2D eigenvalue weighted by molar-refractivity contribution is -0.0333. The molecule has 2 aliphatic heterocycles. The third kappa shape index (κ3) is 5.05. The molecule has 2 rings (SSSR count). The molecule has 112 valence electrons. The minimum absolute atomic E-state index is 0.397. The summed E-state index contributed by atoms with van der Waals surface area (Å²) < 4.78 is 5.65. The van der Waals surface area contributed by atoms with E-state index in [1.807, 2.05) is 0 Å². The van der Waals surface area contributed by atoms with Gasteiger partial charge in [-0.3, -0.25) is 0 Å². The lowest BCUT2D eigenvalue weighted by atomic mass is 9.86. The van der Waals surface area contributed by atoms with Crippen molar-refractivity contribution in [2.24, 2.45) is 5.92 Å². The Morgan fingerprint density at radius 3 is 2.63 bits per heavy atom. The highest BCUT2D eigenvalue weighted by Gasteiger charge is 2.32. The average Bonchev–Trinajstić information content (AvgIpc) is 2.85. The van der Waals surface area contributed by atoms with Crippen LogP contribution < -0.4 is 0 Å². The number of ether oxygens (including phenoxy) is 1. The van der Waals surface area contributed by atoms with E-state index in [2.05, 4.69) is 18.7 Å². The van der Waals surface area contributed by atoms with Gasteiger partial charge in [0.1, 0.15) is 0 Å². The van der Waals surface area contributed by atoms with E-state index in [-0.39, 0.29) is 0 Å². The summed E-state index contributed by atoms with van der Waals surface area (Å²) in [6, 6.07) is 0. The van der Waals surface area contributed by atoms with Gasteiger partial charge in [0.25, 0.3) is 0 Å². The Morgan fingerprint density at radius 1 is 1.32 bits per heavy atom. The normalized spacial score (nSPS) is 28.1. The summed E-state index contributed by atoms with van der Waals surface area (Å²) in [6.45, 7) is 8.78. The van der Waals surface area contributed by atoms with Gasteiger partial charge < -0.3 is 14.7 Å². The first-order chi connectivity index (χ1) is 9.07. The topological polar surface area (TPSA) is 32.7 Å². The highest BCUT2D eigenvalue weighted by molar-refractivity contribution is 4.86. The molecule has 3 heteroatoms. The van der Waals surface area contributed by atoms with Gasteiger partial charge in [0, 0.05) is 26.2 Å². The first kappa shape index (κ1) is 15.3. The number of likely N-dealkylation sites (tertiary alicyclic amines) is 1. The smallest absolute Gasteiger partial charge is 0.0672 e. The number of piperidine rings is 1. The number of hydrogen-bond donors (Lipinski definition) is 1. The van der Waals surface area contributed by atoms with Crippen LogP contribution in [0.2, 0.25) is 0 Å². The SMILES string of the molecule is CC(C)CN1CCC(O)(CCCC2CCCO2)CC1. The van der Waals surface area contributed by atoms with Crippen molar-refractivity contribution in [1.82, 2.24) is 4.90 Å². The first-order valence-corrected chi connectivity index (χ1v) is 8.14. The van der Waals surface area contributed by atoms with Crippen molar-refractivity contribution in [3.8, 4) is 0 Å². The van der Waals surface area contributed by atoms with E-state index in [1.165, 1.54) is 19.4 Å². The van der Waals surface area contributed by atoms with Crippen LogP contribution in [-0.4, -0.2) is 48.0 Å². The van der Waals surface area contributed by atoms with Crippen LogP contribution >= 0.6 is 0 Å². The quantitative estimate of drug-likeness (QED) is 0.805. The molecule has 1 unspecified atom stereocenters. The molecule has 0 bridgehead atoms. The van der Waals surface area contributed by atoms with Crippen molar-refractivity contribution in [3.05, 3.63) is 0 Å². The third-order valence-corrected chi connectivity index (χ3v) is 4.60. The highest BCUT2D eigenvalue weighted by Crippen LogP contribution is 2.29. The fourth-order valence-electron chi connectivity index (χ4n) is 3.45. The van der Waals surface area contributed by atoms with Crippen LogP contribution in [-0.2, 0) is 4.74 Å². The fourth-order valence-corrected chi connectivity index (χ4v) is 3.45. The lowest BCUT2D eigenvalue weighted by Gasteiger charge is -2.39. The second-order valence-corrected chi connectivity index (χ2v) is 6.95. The van der Waals surface area contributed by atoms with Gasteiger partial charge in [0.15, 0.2) is 0 Å². The zero-order chi connectivity index (χ0) is 13.7. The van der Waals surface area contributed by atoms with Gasteiger partial charge in [-0.2, -0.15) is 0 Å². The summed E-state index contributed by atoms with van der Waals surface area (Å²) in [6.07, 6.45) is 8.03. The Kier molecular flexibility index (Phi) is 5.67. The van der Waals surface area contributed by atoms with E-state index in [1.54, 1.807) is 0 Å². The maximum Gasteiger partial charge on any atom is 0.0672 e. The number of aliphatic hydroxyl groups is 1. The van der Waals surface area contributed by atoms with Crippen molar-refractivity contribution in [1.29, 1.82) is 0 Å². The molecule has 1 N–H and O–H groups in total. The van der Waals surface area contributed by atoms with Crippen LogP contribution in [0.5, 0.6) is 0 Å². The molecule has 3 nitrogen and oxygen atoms in total. The zero-order valence-electron chi connectivity index (χ0n) is 12.7. The predicted octanol–water partition coefficient (Wildman–Crippen LogP) is 2.82. The molecular weight excluding hydrogens is 238 g/mol. The third-order valence-electron chi connectivity index (χ3n) is 4.60. The van der Waals surface area contributed by atoms with Crippen molar-refractivity contribution in [2.75, 3.05) is 26.2 Å². The summed E-state index contributed by atoms with van der Waals surface area (Å²) in [5.74, 6) is 0.728. The van der Waals surface area contributed by atoms with E-state index >= 15 is 0 Å². The molecule has 0 amide bonds. The van der Waals surface area contributed by atoms with Crippen molar-refractivity contribution in [2.45, 2.75) is 70.5 Å². The molecule has 0 saturated carbocycles. The summed E-state index contributed by atoms with van der Waals surface area (Å²) in [4.78, 5) is 2.50. The molecule has 2 fully saturated rings. The Hall–Kier alpha value is -0.120. The maximum absolute atomic E-state index is 10.6. The van der Waals surface area contributed by atoms with Gasteiger partial charge in [0.2, 0.25) is 0 Å². The van der Waals surface area contributed by atoms with E-state index < -0.39 is 5.60 Å². The van der Waals surface area contributed by atoms with Gasteiger partial charge in [-0.05, 0) is 50.9 Å². The maximum atomic E-state index is 10.6. The van der Waals surface area contributed by atoms with Crippen LogP contribution in [0.15, 0.2) is 0 Å². The van der Waals surface area contributed by atoms with Crippen molar-refractivity contribution >= 4 is 0 Å². The summed E-state index contributed by atoms with van der Waals surface area (Å²) >= 11 is 0. The van der Waals surface area contributed by atoms with Gasteiger partial charge in [-0.1, -0.05) is 13.8 Å².